The molecule has 7 heteroatoms. The highest BCUT2D eigenvalue weighted by Gasteiger charge is 2.20. The lowest BCUT2D eigenvalue weighted by Crippen LogP contribution is -2.31. The minimum atomic E-state index is -0.191. The first-order valence-electron chi connectivity index (χ1n) is 7.70. The van der Waals surface area contributed by atoms with E-state index in [1.807, 2.05) is 26.8 Å². The van der Waals surface area contributed by atoms with Crippen molar-refractivity contribution in [3.63, 3.8) is 0 Å². The Labute approximate surface area is 143 Å². The average Bonchev–Trinajstić information content (AvgIpc) is 2.90. The van der Waals surface area contributed by atoms with Crippen molar-refractivity contribution in [2.24, 2.45) is 0 Å². The van der Waals surface area contributed by atoms with E-state index in [1.54, 1.807) is 23.1 Å². The number of aryl methyl sites for hydroxylation is 2. The highest BCUT2D eigenvalue weighted by Crippen LogP contribution is 2.20. The van der Waals surface area contributed by atoms with E-state index in [2.05, 4.69) is 15.0 Å². The lowest BCUT2D eigenvalue weighted by atomic mass is 10.2. The number of benzene rings is 1. The molecule has 3 rings (SSSR count). The van der Waals surface area contributed by atoms with Crippen LogP contribution in [0.2, 0.25) is 0 Å². The summed E-state index contributed by atoms with van der Waals surface area (Å²) in [5, 5.41) is 1.41. The van der Waals surface area contributed by atoms with Gasteiger partial charge in [-0.1, -0.05) is 12.1 Å². The van der Waals surface area contributed by atoms with Crippen LogP contribution in [0.4, 0.5) is 0 Å². The second kappa shape index (κ2) is 6.52. The van der Waals surface area contributed by atoms with Crippen molar-refractivity contribution in [1.82, 2.24) is 19.9 Å². The van der Waals surface area contributed by atoms with Crippen molar-refractivity contribution < 1.29 is 4.79 Å². The van der Waals surface area contributed by atoms with Gasteiger partial charge in [-0.05, 0) is 32.9 Å². The molecule has 0 saturated carbocycles. The quantitative estimate of drug-likeness (QED) is 0.790. The number of amides is 1. The van der Waals surface area contributed by atoms with Crippen molar-refractivity contribution in [1.29, 1.82) is 0 Å². The Bertz CT molecular complexity index is 961. The molecule has 1 aromatic carbocycles. The van der Waals surface area contributed by atoms with Crippen molar-refractivity contribution in [2.75, 3.05) is 6.54 Å². The molecule has 1 amide bonds. The Morgan fingerprint density at radius 1 is 1.25 bits per heavy atom. The summed E-state index contributed by atoms with van der Waals surface area (Å²) >= 11 is 1.39. The van der Waals surface area contributed by atoms with Crippen LogP contribution in [0.25, 0.3) is 10.9 Å². The second-order valence-electron chi connectivity index (χ2n) is 5.50. The number of rotatable bonds is 4. The molecule has 0 aliphatic heterocycles. The normalized spacial score (nSPS) is 11.0. The number of hydrogen-bond donors (Lipinski definition) is 1. The molecule has 2 heterocycles. The van der Waals surface area contributed by atoms with Crippen LogP contribution in [0, 0.1) is 13.8 Å². The van der Waals surface area contributed by atoms with E-state index in [-0.39, 0.29) is 18.0 Å². The van der Waals surface area contributed by atoms with Gasteiger partial charge in [0, 0.05) is 6.54 Å². The first-order valence-corrected chi connectivity index (χ1v) is 8.52. The number of carbonyl (C=O) groups is 1. The first kappa shape index (κ1) is 16.3. The van der Waals surface area contributed by atoms with E-state index in [0.717, 1.165) is 10.7 Å². The molecule has 1 N–H and O–H groups in total. The van der Waals surface area contributed by atoms with E-state index >= 15 is 0 Å². The van der Waals surface area contributed by atoms with Crippen LogP contribution in [0.3, 0.4) is 0 Å². The molecule has 2 aromatic heterocycles. The molecular weight excluding hydrogens is 324 g/mol. The molecule has 0 saturated heterocycles. The van der Waals surface area contributed by atoms with E-state index in [4.69, 9.17) is 0 Å². The minimum absolute atomic E-state index is 0.0867. The van der Waals surface area contributed by atoms with Gasteiger partial charge in [0.2, 0.25) is 0 Å². The fourth-order valence-corrected chi connectivity index (χ4v) is 3.48. The van der Waals surface area contributed by atoms with Crippen LogP contribution in [0.15, 0.2) is 29.1 Å². The fraction of sp³-hybridized carbons (Fsp3) is 0.294. The maximum absolute atomic E-state index is 12.7. The number of hydrogen-bond acceptors (Lipinski definition) is 5. The smallest absolute Gasteiger partial charge is 0.266 e. The number of H-pyrrole nitrogens is 1. The molecule has 3 aromatic rings. The van der Waals surface area contributed by atoms with E-state index in [0.29, 0.717) is 28.1 Å². The van der Waals surface area contributed by atoms with Gasteiger partial charge in [0.15, 0.2) is 0 Å². The second-order valence-corrected chi connectivity index (χ2v) is 6.70. The van der Waals surface area contributed by atoms with Gasteiger partial charge in [-0.2, -0.15) is 0 Å². The molecule has 6 nitrogen and oxygen atoms in total. The molecule has 124 valence electrons. The minimum Gasteiger partial charge on any atom is -0.331 e. The predicted molar refractivity (Wildman–Crippen MR) is 94.4 cm³/mol. The number of nitrogens with one attached hydrogen (secondary N) is 1. The summed E-state index contributed by atoms with van der Waals surface area (Å²) in [5.41, 5.74) is 1.18. The molecular formula is C17H18N4O2S. The Balaban J connectivity index is 1.92. The van der Waals surface area contributed by atoms with Gasteiger partial charge in [0.25, 0.3) is 11.5 Å². The van der Waals surface area contributed by atoms with E-state index in [9.17, 15) is 9.59 Å². The summed E-state index contributed by atoms with van der Waals surface area (Å²) in [7, 11) is 0. The maximum Gasteiger partial charge on any atom is 0.266 e. The molecule has 0 bridgehead atoms. The predicted octanol–water partition coefficient (Wildman–Crippen LogP) is 2.66. The van der Waals surface area contributed by atoms with Crippen molar-refractivity contribution in [2.45, 2.75) is 27.3 Å². The van der Waals surface area contributed by atoms with Crippen molar-refractivity contribution in [3.8, 4) is 0 Å². The molecule has 0 unspecified atom stereocenters. The van der Waals surface area contributed by atoms with Gasteiger partial charge >= 0.3 is 0 Å². The van der Waals surface area contributed by atoms with E-state index in [1.165, 1.54) is 11.3 Å². The van der Waals surface area contributed by atoms with Crippen LogP contribution in [0.1, 0.15) is 33.1 Å². The van der Waals surface area contributed by atoms with Crippen LogP contribution in [0.5, 0.6) is 0 Å². The third-order valence-electron chi connectivity index (χ3n) is 3.77. The van der Waals surface area contributed by atoms with Gasteiger partial charge in [0.05, 0.1) is 28.1 Å². The van der Waals surface area contributed by atoms with Gasteiger partial charge in [-0.3, -0.25) is 9.59 Å². The third-order valence-corrected chi connectivity index (χ3v) is 4.83. The van der Waals surface area contributed by atoms with Gasteiger partial charge in [-0.25, -0.2) is 9.97 Å². The largest absolute Gasteiger partial charge is 0.331 e. The molecule has 0 fully saturated rings. The number of aromatic amines is 1. The lowest BCUT2D eigenvalue weighted by molar-refractivity contribution is 0.0752. The highest BCUT2D eigenvalue weighted by molar-refractivity contribution is 7.13. The van der Waals surface area contributed by atoms with Crippen LogP contribution >= 0.6 is 11.3 Å². The summed E-state index contributed by atoms with van der Waals surface area (Å²) in [6.07, 6.45) is 0. The first-order chi connectivity index (χ1) is 11.5. The molecule has 0 spiro atoms. The van der Waals surface area contributed by atoms with Gasteiger partial charge in [0.1, 0.15) is 10.7 Å². The fourth-order valence-electron chi connectivity index (χ4n) is 2.59. The Hall–Kier alpha value is -2.54. The van der Waals surface area contributed by atoms with Crippen LogP contribution < -0.4 is 5.56 Å². The number of nitrogens with zero attached hydrogens (tertiary/aromatic N) is 3. The average molecular weight is 342 g/mol. The lowest BCUT2D eigenvalue weighted by Gasteiger charge is -2.19. The zero-order chi connectivity index (χ0) is 17.3. The standard InChI is InChI=1S/C17H18N4O2S/c1-4-21(17(23)15-10(2)18-11(3)24-15)9-14-19-13-8-6-5-7-12(13)16(22)20-14/h5-8H,4,9H2,1-3H3,(H,19,20,22). The van der Waals surface area contributed by atoms with Gasteiger partial charge in [-0.15, -0.1) is 11.3 Å². The summed E-state index contributed by atoms with van der Waals surface area (Å²) < 4.78 is 0. The molecule has 0 aliphatic carbocycles. The van der Waals surface area contributed by atoms with E-state index < -0.39 is 0 Å². The molecule has 0 atom stereocenters. The van der Waals surface area contributed by atoms with Crippen molar-refractivity contribution >= 4 is 28.1 Å². The summed E-state index contributed by atoms with van der Waals surface area (Å²) in [5.74, 6) is 0.393. The summed E-state index contributed by atoms with van der Waals surface area (Å²) in [4.78, 5) is 38.7. The summed E-state index contributed by atoms with van der Waals surface area (Å²) in [6, 6.07) is 7.17. The number of aromatic nitrogens is 3. The zero-order valence-electron chi connectivity index (χ0n) is 13.8. The number of thiazole rings is 1. The monoisotopic (exact) mass is 342 g/mol. The third kappa shape index (κ3) is 3.07. The van der Waals surface area contributed by atoms with Crippen LogP contribution in [-0.2, 0) is 6.54 Å². The highest BCUT2D eigenvalue weighted by atomic mass is 32.1. The Morgan fingerprint density at radius 3 is 2.67 bits per heavy atom. The SMILES string of the molecule is CCN(Cc1nc2ccccc2c(=O)[nH]1)C(=O)c1sc(C)nc1C. The summed E-state index contributed by atoms with van der Waals surface area (Å²) in [6.45, 7) is 6.39. The van der Waals surface area contributed by atoms with Crippen molar-refractivity contribution in [3.05, 3.63) is 56.0 Å². The topological polar surface area (TPSA) is 79.0 Å². The number of fused-ring (bicyclic) bond motifs is 1. The molecule has 24 heavy (non-hydrogen) atoms. The Morgan fingerprint density at radius 2 is 2.00 bits per heavy atom. The molecule has 0 aliphatic rings. The zero-order valence-corrected chi connectivity index (χ0v) is 14.6. The van der Waals surface area contributed by atoms with Crippen LogP contribution in [-0.4, -0.2) is 32.3 Å². The number of carbonyl (C=O) groups excluding carboxylic acids is 1. The molecule has 0 radical (unpaired) electrons. The maximum atomic E-state index is 12.7. The number of para-hydroxylation sites is 1. The Kier molecular flexibility index (Phi) is 4.44. The van der Waals surface area contributed by atoms with Gasteiger partial charge < -0.3 is 9.88 Å².